The molecule has 302 valence electrons. The average Bonchev–Trinajstić information content (AvgIpc) is 3.17. The fraction of sp³-hybridized carbons (Fsp3) is 0.341. The van der Waals surface area contributed by atoms with Gasteiger partial charge in [0.25, 0.3) is 0 Å². The molecule has 0 aliphatic carbocycles. The Morgan fingerprint density at radius 1 is 0.536 bits per heavy atom. The second-order valence-corrected chi connectivity index (χ2v) is 12.5. The van der Waals surface area contributed by atoms with Gasteiger partial charge in [-0.2, -0.15) is 0 Å². The normalized spacial score (nSPS) is 20.7. The Hall–Kier alpha value is -6.03. The summed E-state index contributed by atoms with van der Waals surface area (Å²) in [4.78, 5) is 35.4. The van der Waals surface area contributed by atoms with E-state index in [1.54, 1.807) is 77.9 Å². The standard InChI is InChI=1S/C41H46O15.H2/c1-22(23(2)51-31-18-12-9-15-28(31)38(42)43)50-21-34-35(48-7)36(54-26(5)24(3)52-32-19-13-10-16-29(32)39(44)45)37(41(49-8)56-34)55-27(6)25(4)53-33-20-14-11-17-30(33)40(46)47;/h9-20,34-37,41H,21H2,1-8H3,(H,42,43)(H,44,45)(H,46,47);1H/b23-22-,26-24-,27-25-;/t34?,35-,36+,37?,41-;/m1./s1. The number of para-hydroxylation sites is 3. The quantitative estimate of drug-likeness (QED) is 0.107. The van der Waals surface area contributed by atoms with Crippen LogP contribution in [0.5, 0.6) is 17.2 Å². The van der Waals surface area contributed by atoms with Gasteiger partial charge >= 0.3 is 17.9 Å². The van der Waals surface area contributed by atoms with Crippen LogP contribution < -0.4 is 14.2 Å². The van der Waals surface area contributed by atoms with Crippen LogP contribution in [0.15, 0.2) is 107 Å². The van der Waals surface area contributed by atoms with Crippen LogP contribution in [0, 0.1) is 0 Å². The molecule has 0 saturated carbocycles. The molecule has 1 fully saturated rings. The molecular weight excluding hydrogens is 732 g/mol. The van der Waals surface area contributed by atoms with Crippen molar-refractivity contribution in [2.45, 2.75) is 72.2 Å². The molecule has 56 heavy (non-hydrogen) atoms. The molecule has 1 saturated heterocycles. The van der Waals surface area contributed by atoms with Crippen molar-refractivity contribution >= 4 is 17.9 Å². The highest BCUT2D eigenvalue weighted by molar-refractivity contribution is 5.91. The van der Waals surface area contributed by atoms with Crippen molar-refractivity contribution in [1.82, 2.24) is 0 Å². The number of hydrogen-bond donors (Lipinski definition) is 3. The van der Waals surface area contributed by atoms with Gasteiger partial charge in [0.15, 0.2) is 18.5 Å². The lowest BCUT2D eigenvalue weighted by atomic mass is 9.98. The molecule has 1 heterocycles. The van der Waals surface area contributed by atoms with Gasteiger partial charge in [-0.1, -0.05) is 36.4 Å². The van der Waals surface area contributed by atoms with E-state index in [9.17, 15) is 29.7 Å². The summed E-state index contributed by atoms with van der Waals surface area (Å²) >= 11 is 0. The zero-order valence-electron chi connectivity index (χ0n) is 32.3. The van der Waals surface area contributed by atoms with E-state index in [0.717, 1.165) is 0 Å². The fourth-order valence-corrected chi connectivity index (χ4v) is 5.54. The van der Waals surface area contributed by atoms with E-state index >= 15 is 0 Å². The second kappa shape index (κ2) is 19.5. The first-order valence-corrected chi connectivity index (χ1v) is 17.4. The third-order valence-corrected chi connectivity index (χ3v) is 8.81. The molecule has 0 radical (unpaired) electrons. The number of hydrogen-bond acceptors (Lipinski definition) is 12. The van der Waals surface area contributed by atoms with E-state index in [-0.39, 0.29) is 65.0 Å². The molecule has 4 rings (SSSR count). The SMILES string of the molecule is CO[C@@H]1OC(CO/C(C)=C(/C)Oc2ccccc2C(=O)O)[C@@H](OC)[C@H](O/C(C)=C(/C)Oc2ccccc2C(=O)O)C1O/C(C)=C(/C)Oc1ccccc1C(=O)O.[HH]. The van der Waals surface area contributed by atoms with Gasteiger partial charge in [-0.3, -0.25) is 0 Å². The fourth-order valence-electron chi connectivity index (χ4n) is 5.54. The third-order valence-electron chi connectivity index (χ3n) is 8.81. The van der Waals surface area contributed by atoms with Crippen molar-refractivity contribution in [1.29, 1.82) is 0 Å². The minimum Gasteiger partial charge on any atom is -0.492 e. The third kappa shape index (κ3) is 10.6. The highest BCUT2D eigenvalue weighted by Crippen LogP contribution is 2.34. The molecule has 15 heteroatoms. The minimum absolute atomic E-state index is 0. The van der Waals surface area contributed by atoms with E-state index in [1.807, 2.05) is 0 Å². The molecule has 2 unspecified atom stereocenters. The van der Waals surface area contributed by atoms with Crippen LogP contribution in [0.2, 0.25) is 0 Å². The molecular formula is C41H48O15. The van der Waals surface area contributed by atoms with Gasteiger partial charge < -0.3 is 58.0 Å². The maximum Gasteiger partial charge on any atom is 0.339 e. The van der Waals surface area contributed by atoms with Crippen LogP contribution in [0.4, 0.5) is 0 Å². The van der Waals surface area contributed by atoms with E-state index in [4.69, 9.17) is 42.6 Å². The molecule has 0 bridgehead atoms. The van der Waals surface area contributed by atoms with Gasteiger partial charge in [0, 0.05) is 15.6 Å². The second-order valence-electron chi connectivity index (χ2n) is 12.5. The maximum atomic E-state index is 11.9. The summed E-state index contributed by atoms with van der Waals surface area (Å²) in [6.45, 7) is 9.65. The van der Waals surface area contributed by atoms with Crippen molar-refractivity contribution in [3.8, 4) is 17.2 Å². The number of rotatable bonds is 18. The number of carboxylic acids is 3. The Bertz CT molecular complexity index is 1990. The molecule has 15 nitrogen and oxygen atoms in total. The predicted molar refractivity (Wildman–Crippen MR) is 201 cm³/mol. The minimum atomic E-state index is -1.17. The molecule has 3 aromatic carbocycles. The van der Waals surface area contributed by atoms with Gasteiger partial charge in [-0.25, -0.2) is 14.4 Å². The van der Waals surface area contributed by atoms with E-state index in [1.165, 1.54) is 50.6 Å². The van der Waals surface area contributed by atoms with Gasteiger partial charge in [0.2, 0.25) is 0 Å². The number of methoxy groups -OCH3 is 2. The van der Waals surface area contributed by atoms with Crippen LogP contribution in [-0.4, -0.2) is 84.8 Å². The summed E-state index contributed by atoms with van der Waals surface area (Å²) in [6.07, 6.45) is -4.89. The Labute approximate surface area is 325 Å². The molecule has 0 amide bonds. The van der Waals surface area contributed by atoms with Crippen LogP contribution >= 0.6 is 0 Å². The molecule has 1 aliphatic heterocycles. The van der Waals surface area contributed by atoms with Crippen molar-refractivity contribution in [2.24, 2.45) is 0 Å². The number of allylic oxidation sites excluding steroid dienone is 6. The monoisotopic (exact) mass is 780 g/mol. The Morgan fingerprint density at radius 3 is 1.29 bits per heavy atom. The van der Waals surface area contributed by atoms with E-state index < -0.39 is 48.6 Å². The highest BCUT2D eigenvalue weighted by atomic mass is 16.7. The number of carboxylic acid groups (broad SMARTS) is 3. The van der Waals surface area contributed by atoms with Crippen LogP contribution in [0.25, 0.3) is 0 Å². The van der Waals surface area contributed by atoms with Crippen molar-refractivity contribution in [3.63, 3.8) is 0 Å². The molecule has 5 atom stereocenters. The van der Waals surface area contributed by atoms with Gasteiger partial charge in [0.1, 0.15) is 87.3 Å². The molecule has 0 aromatic heterocycles. The first kappa shape index (κ1) is 42.7. The van der Waals surface area contributed by atoms with Crippen LogP contribution in [0.3, 0.4) is 0 Å². The lowest BCUT2D eigenvalue weighted by molar-refractivity contribution is -0.304. The van der Waals surface area contributed by atoms with Crippen LogP contribution in [-0.2, 0) is 28.4 Å². The van der Waals surface area contributed by atoms with Crippen molar-refractivity contribution < 1.29 is 73.8 Å². The van der Waals surface area contributed by atoms with Gasteiger partial charge in [0.05, 0.1) is 0 Å². The topological polar surface area (TPSA) is 195 Å². The highest BCUT2D eigenvalue weighted by Gasteiger charge is 2.50. The van der Waals surface area contributed by atoms with Crippen molar-refractivity contribution in [2.75, 3.05) is 20.8 Å². The lowest BCUT2D eigenvalue weighted by Gasteiger charge is -2.45. The summed E-state index contributed by atoms with van der Waals surface area (Å²) in [6, 6.07) is 18.5. The molecule has 0 spiro atoms. The van der Waals surface area contributed by atoms with Crippen molar-refractivity contribution in [3.05, 3.63) is 124 Å². The Morgan fingerprint density at radius 2 is 0.911 bits per heavy atom. The Kier molecular flexibility index (Phi) is 14.9. The number of benzene rings is 3. The largest absolute Gasteiger partial charge is 0.492 e. The number of aromatic carboxylic acids is 3. The number of carbonyl (C=O) groups is 3. The summed E-state index contributed by atoms with van der Waals surface area (Å²) < 4.78 is 54.9. The first-order chi connectivity index (χ1) is 26.7. The summed E-state index contributed by atoms with van der Waals surface area (Å²) in [5, 5.41) is 28.9. The van der Waals surface area contributed by atoms with Crippen LogP contribution in [0.1, 0.15) is 74.0 Å². The Balaban J connectivity index is 0.00000870. The molecule has 3 N–H and O–H groups in total. The van der Waals surface area contributed by atoms with E-state index in [0.29, 0.717) is 11.5 Å². The van der Waals surface area contributed by atoms with Gasteiger partial charge in [-0.15, -0.1) is 0 Å². The van der Waals surface area contributed by atoms with E-state index in [2.05, 4.69) is 0 Å². The summed E-state index contributed by atoms with van der Waals surface area (Å²) in [7, 11) is 2.87. The first-order valence-electron chi connectivity index (χ1n) is 17.4. The summed E-state index contributed by atoms with van der Waals surface area (Å²) in [5.74, 6) is -1.53. The summed E-state index contributed by atoms with van der Waals surface area (Å²) in [5.41, 5.74) is -0.113. The van der Waals surface area contributed by atoms with Gasteiger partial charge in [-0.05, 0) is 77.9 Å². The smallest absolute Gasteiger partial charge is 0.339 e. The number of ether oxygens (including phenoxy) is 9. The zero-order valence-corrected chi connectivity index (χ0v) is 32.3. The molecule has 3 aromatic rings. The lowest BCUT2D eigenvalue weighted by Crippen LogP contribution is -2.61. The predicted octanol–water partition coefficient (Wildman–Crippen LogP) is 7.49. The maximum absolute atomic E-state index is 11.9. The molecule has 1 aliphatic rings. The average molecular weight is 781 g/mol. The zero-order chi connectivity index (χ0) is 41.1.